The number of hydrogen-bond donors (Lipinski definition) is 1. The second kappa shape index (κ2) is 6.58. The molecule has 0 radical (unpaired) electrons. The molecule has 8 heteroatoms. The number of fused-ring (bicyclic) bond motifs is 1. The molecule has 33 heavy (non-hydrogen) atoms. The van der Waals surface area contributed by atoms with Crippen molar-refractivity contribution < 1.29 is 33.6 Å². The van der Waals surface area contributed by atoms with Crippen LogP contribution in [-0.4, -0.2) is 99.2 Å². The zero-order chi connectivity index (χ0) is 23.0. The third kappa shape index (κ3) is 1.93. The molecule has 12 atom stereocenters. The van der Waals surface area contributed by atoms with E-state index in [0.717, 1.165) is 32.4 Å². The fourth-order valence-electron chi connectivity index (χ4n) is 11.1. The molecule has 8 nitrogen and oxygen atoms in total. The molecule has 2 heterocycles. The van der Waals surface area contributed by atoms with Gasteiger partial charge in [0.25, 0.3) is 0 Å². The van der Waals surface area contributed by atoms with E-state index in [9.17, 15) is 9.90 Å². The molecule has 7 aliphatic rings. The fourth-order valence-corrected chi connectivity index (χ4v) is 11.1. The smallest absolute Gasteiger partial charge is 0.174 e. The van der Waals surface area contributed by atoms with Crippen LogP contribution in [0.3, 0.4) is 0 Å². The summed E-state index contributed by atoms with van der Waals surface area (Å²) in [6, 6.07) is -0.118. The van der Waals surface area contributed by atoms with Crippen LogP contribution in [0.25, 0.3) is 0 Å². The van der Waals surface area contributed by atoms with Gasteiger partial charge < -0.3 is 28.8 Å². The number of ketones is 1. The van der Waals surface area contributed by atoms with Crippen LogP contribution >= 0.6 is 0 Å². The predicted molar refractivity (Wildman–Crippen MR) is 115 cm³/mol. The summed E-state index contributed by atoms with van der Waals surface area (Å²) in [5.74, 6) is 0.203. The van der Waals surface area contributed by atoms with Crippen LogP contribution in [0.2, 0.25) is 0 Å². The summed E-state index contributed by atoms with van der Waals surface area (Å²) in [4.78, 5) is 17.4. The van der Waals surface area contributed by atoms with Gasteiger partial charge in [0.05, 0.1) is 31.0 Å². The van der Waals surface area contributed by atoms with Crippen LogP contribution in [0, 0.1) is 34.5 Å². The van der Waals surface area contributed by atoms with Gasteiger partial charge >= 0.3 is 0 Å². The van der Waals surface area contributed by atoms with Crippen LogP contribution in [0.15, 0.2) is 0 Å². The molecule has 2 saturated heterocycles. The number of carbonyl (C=O) groups is 1. The number of rotatable bonds is 5. The Balaban J connectivity index is 1.57. The second-order valence-electron chi connectivity index (χ2n) is 11.9. The number of Topliss-reactive ketones (excluding diaryl/α,β-unsaturated/α-hetero) is 1. The Morgan fingerprint density at radius 2 is 2.03 bits per heavy atom. The van der Waals surface area contributed by atoms with Crippen molar-refractivity contribution in [2.45, 2.75) is 68.2 Å². The van der Waals surface area contributed by atoms with Crippen LogP contribution in [0.1, 0.15) is 32.6 Å². The summed E-state index contributed by atoms with van der Waals surface area (Å²) in [5, 5.41) is 11.3. The van der Waals surface area contributed by atoms with E-state index in [1.165, 1.54) is 0 Å². The van der Waals surface area contributed by atoms with Crippen molar-refractivity contribution in [3.05, 3.63) is 0 Å². The van der Waals surface area contributed by atoms with Crippen molar-refractivity contribution in [1.29, 1.82) is 0 Å². The minimum absolute atomic E-state index is 0.0106. The fraction of sp³-hybridized carbons (Fsp3) is 0.960. The molecular weight excluding hydrogens is 426 g/mol. The quantitative estimate of drug-likeness (QED) is 0.642. The summed E-state index contributed by atoms with van der Waals surface area (Å²) < 4.78 is 31.4. The maximum Gasteiger partial charge on any atom is 0.174 e. The number of likely N-dealkylation sites (N-methyl/N-ethyl adjacent to an activating group) is 1. The van der Waals surface area contributed by atoms with Gasteiger partial charge in [0.1, 0.15) is 12.4 Å². The maximum atomic E-state index is 14.9. The number of carbonyl (C=O) groups excluding carboxylic acids is 1. The largest absolute Gasteiger partial charge is 0.393 e. The Morgan fingerprint density at radius 3 is 2.73 bits per heavy atom. The highest BCUT2D eigenvalue weighted by Gasteiger charge is 2.93. The lowest BCUT2D eigenvalue weighted by Gasteiger charge is -2.69. The Labute approximate surface area is 195 Å². The molecule has 7 bridgehead atoms. The molecule has 0 aromatic carbocycles. The highest BCUT2D eigenvalue weighted by Crippen LogP contribution is 2.81. The zero-order valence-corrected chi connectivity index (χ0v) is 20.1. The minimum Gasteiger partial charge on any atom is -0.393 e. The number of methoxy groups -OCH3 is 3. The minimum atomic E-state index is -1.10. The molecule has 7 fully saturated rings. The van der Waals surface area contributed by atoms with Crippen molar-refractivity contribution in [3.8, 4) is 0 Å². The van der Waals surface area contributed by atoms with Gasteiger partial charge in [-0.2, -0.15) is 0 Å². The van der Waals surface area contributed by atoms with Crippen molar-refractivity contribution in [1.82, 2.24) is 4.90 Å². The lowest BCUT2D eigenvalue weighted by Crippen LogP contribution is -2.81. The first-order valence-electron chi connectivity index (χ1n) is 12.7. The van der Waals surface area contributed by atoms with E-state index in [2.05, 4.69) is 11.8 Å². The van der Waals surface area contributed by atoms with Gasteiger partial charge in [0, 0.05) is 62.9 Å². The van der Waals surface area contributed by atoms with Gasteiger partial charge in [-0.1, -0.05) is 6.92 Å². The monoisotopic (exact) mass is 463 g/mol. The summed E-state index contributed by atoms with van der Waals surface area (Å²) in [7, 11) is 5.31. The number of nitrogens with zero attached hydrogens (tertiary/aromatic N) is 1. The maximum absolute atomic E-state index is 14.9. The molecular formula is C25H37NO7. The first kappa shape index (κ1) is 21.7. The van der Waals surface area contributed by atoms with Crippen LogP contribution in [-0.2, 0) is 28.5 Å². The Bertz CT molecular complexity index is 885. The molecule has 7 rings (SSSR count). The molecule has 2 aliphatic heterocycles. The van der Waals surface area contributed by atoms with Gasteiger partial charge in [-0.25, -0.2) is 0 Å². The number of aliphatic hydroxyl groups is 1. The summed E-state index contributed by atoms with van der Waals surface area (Å²) in [6.45, 7) is 4.49. The average Bonchev–Trinajstić information content (AvgIpc) is 3.39. The lowest BCUT2D eigenvalue weighted by atomic mass is 9.42. The second-order valence-corrected chi connectivity index (χ2v) is 11.9. The molecule has 3 spiro atoms. The number of ether oxygens (including phenoxy) is 5. The average molecular weight is 464 g/mol. The van der Waals surface area contributed by atoms with E-state index in [-0.39, 0.29) is 59.9 Å². The highest BCUT2D eigenvalue weighted by molar-refractivity contribution is 5.98. The Morgan fingerprint density at radius 1 is 1.21 bits per heavy atom. The number of piperidine rings is 1. The van der Waals surface area contributed by atoms with E-state index in [4.69, 9.17) is 23.7 Å². The SMILES string of the molecule is CCN1CC2(COC)CCC(OC)C34C5CC6C(O)CC7(OCOC7(C(=O)C23)C14)C5C6OC. The topological polar surface area (TPSA) is 86.7 Å². The first-order valence-corrected chi connectivity index (χ1v) is 12.7. The van der Waals surface area contributed by atoms with Gasteiger partial charge in [-0.15, -0.1) is 0 Å². The summed E-state index contributed by atoms with van der Waals surface area (Å²) >= 11 is 0. The zero-order valence-electron chi connectivity index (χ0n) is 20.1. The molecule has 5 saturated carbocycles. The van der Waals surface area contributed by atoms with Crippen molar-refractivity contribution in [2.24, 2.45) is 34.5 Å². The van der Waals surface area contributed by atoms with E-state index in [0.29, 0.717) is 13.0 Å². The molecule has 1 N–H and O–H groups in total. The predicted octanol–water partition coefficient (Wildman–Crippen LogP) is 0.845. The third-order valence-electron chi connectivity index (χ3n) is 11.5. The highest BCUT2D eigenvalue weighted by atomic mass is 16.7. The molecule has 0 amide bonds. The lowest BCUT2D eigenvalue weighted by molar-refractivity contribution is -0.286. The number of aliphatic hydroxyl groups excluding tert-OH is 1. The van der Waals surface area contributed by atoms with Gasteiger partial charge in [-0.05, 0) is 31.7 Å². The normalized spacial score (nSPS) is 60.3. The van der Waals surface area contributed by atoms with Gasteiger partial charge in [0.2, 0.25) is 0 Å². The Kier molecular flexibility index (Phi) is 4.32. The van der Waals surface area contributed by atoms with Crippen LogP contribution in [0.5, 0.6) is 0 Å². The van der Waals surface area contributed by atoms with E-state index in [1.54, 1.807) is 14.2 Å². The van der Waals surface area contributed by atoms with Crippen molar-refractivity contribution >= 4 is 5.78 Å². The van der Waals surface area contributed by atoms with Crippen molar-refractivity contribution in [3.63, 3.8) is 0 Å². The molecule has 12 unspecified atom stereocenters. The molecule has 5 aliphatic carbocycles. The first-order chi connectivity index (χ1) is 15.9. The summed E-state index contributed by atoms with van der Waals surface area (Å²) in [6.07, 6.45) is 2.34. The Hall–Kier alpha value is -0.610. The van der Waals surface area contributed by atoms with E-state index >= 15 is 0 Å². The number of likely N-dealkylation sites (tertiary alicyclic amines) is 1. The van der Waals surface area contributed by atoms with Crippen molar-refractivity contribution in [2.75, 3.05) is 47.8 Å². The standard InChI is InChI=1S/C25H37NO7/c1-5-26-10-22(11-29-2)7-6-16(30-3)24-14-8-13-15(27)9-23(17(14)18(13)31-4)25(21(24)26,33-12-32-23)20(28)19(22)24/h13-19,21,27H,5-12H2,1-4H3. The van der Waals surface area contributed by atoms with E-state index < -0.39 is 22.7 Å². The molecule has 0 aromatic heterocycles. The third-order valence-corrected chi connectivity index (χ3v) is 11.5. The van der Waals surface area contributed by atoms with Crippen LogP contribution < -0.4 is 0 Å². The number of hydrogen-bond acceptors (Lipinski definition) is 8. The van der Waals surface area contributed by atoms with Gasteiger partial charge in [-0.3, -0.25) is 9.69 Å². The molecule has 0 aromatic rings. The molecule has 184 valence electrons. The van der Waals surface area contributed by atoms with E-state index in [1.807, 2.05) is 7.11 Å². The van der Waals surface area contributed by atoms with Gasteiger partial charge in [0.15, 0.2) is 11.4 Å². The summed E-state index contributed by atoms with van der Waals surface area (Å²) in [5.41, 5.74) is -2.61. The van der Waals surface area contributed by atoms with Crippen LogP contribution in [0.4, 0.5) is 0 Å².